The number of hydrogen-bond acceptors (Lipinski definition) is 3. The maximum atomic E-state index is 12.5. The maximum Gasteiger partial charge on any atom is 0.419 e. The van der Waals surface area contributed by atoms with Crippen molar-refractivity contribution >= 4 is 24.3 Å². The van der Waals surface area contributed by atoms with E-state index in [4.69, 9.17) is 11.1 Å². The van der Waals surface area contributed by atoms with Gasteiger partial charge in [0.25, 0.3) is 5.91 Å². The molecule has 0 radical (unpaired) electrons. The van der Waals surface area contributed by atoms with E-state index in [1.54, 1.807) is 0 Å². The number of carbonyl (C=O) groups is 1. The molecule has 1 aromatic carbocycles. The number of nitrogens with one attached hydrogen (secondary N) is 2. The number of alkyl halides is 3. The Kier molecular flexibility index (Phi) is 5.19. The first-order valence-electron chi connectivity index (χ1n) is 4.69. The first kappa shape index (κ1) is 17.0. The van der Waals surface area contributed by atoms with Crippen molar-refractivity contribution in [1.82, 2.24) is 5.32 Å². The van der Waals surface area contributed by atoms with Gasteiger partial charge in [-0.15, -0.1) is 12.4 Å². The fourth-order valence-corrected chi connectivity index (χ4v) is 1.35. The Morgan fingerprint density at radius 3 is 2.37 bits per heavy atom. The molecule has 0 bridgehead atoms. The monoisotopic (exact) mass is 297 g/mol. The van der Waals surface area contributed by atoms with Crippen molar-refractivity contribution < 1.29 is 23.1 Å². The molecule has 19 heavy (non-hydrogen) atoms. The van der Waals surface area contributed by atoms with Gasteiger partial charge in [-0.3, -0.25) is 15.5 Å². The van der Waals surface area contributed by atoms with Crippen LogP contribution in [0.4, 0.5) is 13.2 Å². The van der Waals surface area contributed by atoms with E-state index in [0.717, 1.165) is 6.07 Å². The third-order valence-corrected chi connectivity index (χ3v) is 2.14. The number of aryl methyl sites for hydroxylation is 1. The van der Waals surface area contributed by atoms with E-state index in [1.165, 1.54) is 6.92 Å². The number of halogens is 4. The SMILES string of the molecule is Cc1cc(O)c(C(F)(F)F)cc1C(=O)NC(=N)N.Cl. The molecule has 5 N–H and O–H groups in total. The molecule has 1 aromatic rings. The van der Waals surface area contributed by atoms with Crippen LogP contribution in [0.15, 0.2) is 12.1 Å². The summed E-state index contributed by atoms with van der Waals surface area (Å²) in [5.41, 5.74) is 3.42. The normalized spacial score (nSPS) is 10.5. The zero-order valence-electron chi connectivity index (χ0n) is 9.63. The van der Waals surface area contributed by atoms with Crippen molar-refractivity contribution in [3.05, 3.63) is 28.8 Å². The van der Waals surface area contributed by atoms with Crippen molar-refractivity contribution in [3.63, 3.8) is 0 Å². The number of nitrogens with two attached hydrogens (primary N) is 1. The Hall–Kier alpha value is -1.96. The van der Waals surface area contributed by atoms with E-state index in [0.29, 0.717) is 6.07 Å². The van der Waals surface area contributed by atoms with Crippen molar-refractivity contribution in [2.75, 3.05) is 0 Å². The topological polar surface area (TPSA) is 99.2 Å². The second-order valence-corrected chi connectivity index (χ2v) is 3.55. The summed E-state index contributed by atoms with van der Waals surface area (Å²) in [7, 11) is 0. The zero-order valence-corrected chi connectivity index (χ0v) is 10.4. The van der Waals surface area contributed by atoms with Crippen LogP contribution >= 0.6 is 12.4 Å². The Morgan fingerprint density at radius 1 is 1.42 bits per heavy atom. The molecule has 0 atom stereocenters. The van der Waals surface area contributed by atoms with Crippen LogP contribution in [0.2, 0.25) is 0 Å². The fourth-order valence-electron chi connectivity index (χ4n) is 1.35. The van der Waals surface area contributed by atoms with E-state index in [2.05, 4.69) is 0 Å². The highest BCUT2D eigenvalue weighted by atomic mass is 35.5. The van der Waals surface area contributed by atoms with Gasteiger partial charge in [-0.2, -0.15) is 13.2 Å². The lowest BCUT2D eigenvalue weighted by Gasteiger charge is -2.13. The summed E-state index contributed by atoms with van der Waals surface area (Å²) in [6.45, 7) is 1.36. The van der Waals surface area contributed by atoms with Crippen molar-refractivity contribution in [2.45, 2.75) is 13.1 Å². The van der Waals surface area contributed by atoms with Gasteiger partial charge in [-0.1, -0.05) is 0 Å². The predicted octanol–water partition coefficient (Wildman–Crippen LogP) is 1.76. The van der Waals surface area contributed by atoms with Gasteiger partial charge in [0.05, 0.1) is 5.56 Å². The van der Waals surface area contributed by atoms with E-state index in [-0.39, 0.29) is 23.5 Å². The van der Waals surface area contributed by atoms with Gasteiger partial charge >= 0.3 is 6.18 Å². The van der Waals surface area contributed by atoms with Crippen LogP contribution in [0.25, 0.3) is 0 Å². The molecular weight excluding hydrogens is 287 g/mol. The summed E-state index contributed by atoms with van der Waals surface area (Å²) in [5.74, 6) is -2.58. The largest absolute Gasteiger partial charge is 0.507 e. The molecule has 0 saturated carbocycles. The van der Waals surface area contributed by atoms with Crippen LogP contribution in [0.5, 0.6) is 5.75 Å². The Morgan fingerprint density at radius 2 is 1.95 bits per heavy atom. The molecule has 0 fully saturated rings. The van der Waals surface area contributed by atoms with Gasteiger partial charge in [0.1, 0.15) is 5.75 Å². The minimum Gasteiger partial charge on any atom is -0.507 e. The Balaban J connectivity index is 0.00000324. The van der Waals surface area contributed by atoms with E-state index in [1.807, 2.05) is 5.32 Å². The van der Waals surface area contributed by atoms with E-state index >= 15 is 0 Å². The minimum atomic E-state index is -4.77. The van der Waals surface area contributed by atoms with Crippen molar-refractivity contribution in [3.8, 4) is 5.75 Å². The lowest BCUT2D eigenvalue weighted by Crippen LogP contribution is -2.36. The highest BCUT2D eigenvalue weighted by Gasteiger charge is 2.35. The highest BCUT2D eigenvalue weighted by molar-refractivity contribution is 6.05. The molecule has 0 aromatic heterocycles. The second-order valence-electron chi connectivity index (χ2n) is 3.55. The van der Waals surface area contributed by atoms with Crippen molar-refractivity contribution in [1.29, 1.82) is 5.41 Å². The van der Waals surface area contributed by atoms with Gasteiger partial charge in [-0.25, -0.2) is 0 Å². The standard InChI is InChI=1S/C10H10F3N3O2.ClH/c1-4-2-7(17)6(10(11,12)13)3-5(4)8(18)16-9(14)15;/h2-3,17H,1H3,(H4,14,15,16,18);1H. The van der Waals surface area contributed by atoms with Crippen molar-refractivity contribution in [2.24, 2.45) is 5.73 Å². The van der Waals surface area contributed by atoms with Gasteiger partial charge in [0.2, 0.25) is 0 Å². The van der Waals surface area contributed by atoms with Crippen LogP contribution in [0.3, 0.4) is 0 Å². The van der Waals surface area contributed by atoms with Gasteiger partial charge in [0, 0.05) is 5.56 Å². The summed E-state index contributed by atoms with van der Waals surface area (Å²) < 4.78 is 37.6. The molecule has 1 rings (SSSR count). The number of aromatic hydroxyl groups is 1. The number of hydrogen-bond donors (Lipinski definition) is 4. The molecular formula is C10H11ClF3N3O2. The number of guanidine groups is 1. The Bertz CT molecular complexity index is 517. The van der Waals surface area contributed by atoms with Gasteiger partial charge < -0.3 is 10.8 Å². The van der Waals surface area contributed by atoms with Gasteiger partial charge in [0.15, 0.2) is 5.96 Å². The summed E-state index contributed by atoms with van der Waals surface area (Å²) in [4.78, 5) is 11.5. The van der Waals surface area contributed by atoms with Crippen LogP contribution in [0, 0.1) is 12.3 Å². The lowest BCUT2D eigenvalue weighted by atomic mass is 10.0. The fraction of sp³-hybridized carbons (Fsp3) is 0.200. The summed E-state index contributed by atoms with van der Waals surface area (Å²) in [6.07, 6.45) is -4.77. The lowest BCUT2D eigenvalue weighted by molar-refractivity contribution is -0.138. The molecule has 1 amide bonds. The molecule has 0 saturated heterocycles. The number of benzene rings is 1. The summed E-state index contributed by atoms with van der Waals surface area (Å²) >= 11 is 0. The van der Waals surface area contributed by atoms with Gasteiger partial charge in [-0.05, 0) is 24.6 Å². The summed E-state index contributed by atoms with van der Waals surface area (Å²) in [5, 5.41) is 17.9. The smallest absolute Gasteiger partial charge is 0.419 e. The number of rotatable bonds is 1. The van der Waals surface area contributed by atoms with Crippen LogP contribution < -0.4 is 11.1 Å². The van der Waals surface area contributed by atoms with E-state index < -0.39 is 29.4 Å². The van der Waals surface area contributed by atoms with Crippen LogP contribution in [0.1, 0.15) is 21.5 Å². The average molecular weight is 298 g/mol. The second kappa shape index (κ2) is 5.79. The Labute approximate surface area is 112 Å². The molecule has 0 aliphatic carbocycles. The number of phenolic OH excluding ortho intramolecular Hbond substituents is 1. The number of amides is 1. The summed E-state index contributed by atoms with van der Waals surface area (Å²) in [6, 6.07) is 1.35. The molecule has 9 heteroatoms. The highest BCUT2D eigenvalue weighted by Crippen LogP contribution is 2.37. The van der Waals surface area contributed by atoms with Crippen LogP contribution in [-0.2, 0) is 6.18 Å². The maximum absolute atomic E-state index is 12.5. The zero-order chi connectivity index (χ0) is 14.1. The minimum absolute atomic E-state index is 0. The first-order valence-corrected chi connectivity index (χ1v) is 4.69. The predicted molar refractivity (Wildman–Crippen MR) is 64.5 cm³/mol. The first-order chi connectivity index (χ1) is 8.12. The molecule has 0 unspecified atom stereocenters. The third-order valence-electron chi connectivity index (χ3n) is 2.14. The third kappa shape index (κ3) is 4.02. The number of phenols is 1. The molecule has 0 heterocycles. The van der Waals surface area contributed by atoms with Crippen LogP contribution in [-0.4, -0.2) is 17.0 Å². The number of carbonyl (C=O) groups excluding carboxylic acids is 1. The molecule has 0 spiro atoms. The molecule has 5 nitrogen and oxygen atoms in total. The molecule has 0 aliphatic rings. The molecule has 0 aliphatic heterocycles. The quantitative estimate of drug-likeness (QED) is 0.469. The average Bonchev–Trinajstić information content (AvgIpc) is 2.13. The molecule has 106 valence electrons. The van der Waals surface area contributed by atoms with E-state index in [9.17, 15) is 23.1 Å².